The first-order valence-electron chi connectivity index (χ1n) is 6.46. The molecule has 0 saturated heterocycles. The first-order chi connectivity index (χ1) is 10.3. The van der Waals surface area contributed by atoms with Gasteiger partial charge in [0.15, 0.2) is 0 Å². The van der Waals surface area contributed by atoms with Gasteiger partial charge in [-0.15, -0.1) is 0 Å². The summed E-state index contributed by atoms with van der Waals surface area (Å²) in [5, 5.41) is 11.5. The zero-order chi connectivity index (χ0) is 16.9. The summed E-state index contributed by atoms with van der Waals surface area (Å²) < 4.78 is 11.0. The van der Waals surface area contributed by atoms with Crippen LogP contribution in [0.1, 0.15) is 6.92 Å². The highest BCUT2D eigenvalue weighted by Crippen LogP contribution is 2.37. The fourth-order valence-electron chi connectivity index (χ4n) is 1.73. The molecule has 0 aromatic heterocycles. The predicted molar refractivity (Wildman–Crippen MR) is 85.7 cm³/mol. The summed E-state index contributed by atoms with van der Waals surface area (Å²) in [6.07, 6.45) is 0. The largest absolute Gasteiger partial charge is 0.495 e. The van der Waals surface area contributed by atoms with E-state index in [0.29, 0.717) is 21.7 Å². The van der Waals surface area contributed by atoms with Gasteiger partial charge in [-0.3, -0.25) is 4.79 Å². The third-order valence-electron chi connectivity index (χ3n) is 3.01. The predicted octanol–water partition coefficient (Wildman–Crippen LogP) is 2.65. The van der Waals surface area contributed by atoms with Crippen molar-refractivity contribution in [3.05, 3.63) is 16.6 Å². The Labute approximate surface area is 137 Å². The average Bonchev–Trinajstić information content (AvgIpc) is 2.48. The van der Waals surface area contributed by atoms with E-state index in [-0.39, 0.29) is 6.54 Å². The molecule has 0 bridgehead atoms. The van der Waals surface area contributed by atoms with Crippen LogP contribution >= 0.6 is 15.9 Å². The molecule has 8 heteroatoms. The minimum absolute atomic E-state index is 0.103. The molecule has 2 N–H and O–H groups in total. The van der Waals surface area contributed by atoms with E-state index in [2.05, 4.69) is 21.2 Å². The van der Waals surface area contributed by atoms with Gasteiger partial charge >= 0.3 is 12.0 Å². The highest BCUT2D eigenvalue weighted by atomic mass is 79.9. The minimum atomic E-state index is -0.952. The van der Waals surface area contributed by atoms with Gasteiger partial charge < -0.3 is 24.8 Å². The number of urea groups is 1. The topological polar surface area (TPSA) is 88.1 Å². The van der Waals surface area contributed by atoms with Gasteiger partial charge in [0.05, 0.1) is 20.1 Å². The Bertz CT molecular complexity index is 539. The van der Waals surface area contributed by atoms with Gasteiger partial charge in [0, 0.05) is 31.4 Å². The molecule has 0 aliphatic heterocycles. The maximum atomic E-state index is 12.1. The van der Waals surface area contributed by atoms with Crippen molar-refractivity contribution < 1.29 is 24.2 Å². The standard InChI is InChI=1S/C14H19BrN2O5/c1-8(13(18)19)7-17(2)14(20)16-9-5-10(21-3)12(15)11(6-9)22-4/h5-6,8H,7H2,1-4H3,(H,16,20)(H,18,19). The number of nitrogens with zero attached hydrogens (tertiary/aromatic N) is 1. The third-order valence-corrected chi connectivity index (χ3v) is 3.79. The van der Waals surface area contributed by atoms with Crippen LogP contribution in [0.4, 0.5) is 10.5 Å². The second-order valence-electron chi connectivity index (χ2n) is 4.74. The monoisotopic (exact) mass is 374 g/mol. The lowest BCUT2D eigenvalue weighted by atomic mass is 10.2. The van der Waals surface area contributed by atoms with E-state index in [9.17, 15) is 9.59 Å². The maximum Gasteiger partial charge on any atom is 0.321 e. The second kappa shape index (κ2) is 7.88. The van der Waals surface area contributed by atoms with Crippen LogP contribution in [0.5, 0.6) is 11.5 Å². The number of carbonyl (C=O) groups is 2. The first-order valence-corrected chi connectivity index (χ1v) is 7.25. The lowest BCUT2D eigenvalue weighted by Gasteiger charge is -2.20. The molecule has 0 saturated carbocycles. The Kier molecular flexibility index (Phi) is 6.48. The highest BCUT2D eigenvalue weighted by molar-refractivity contribution is 9.10. The summed E-state index contributed by atoms with van der Waals surface area (Å²) in [4.78, 5) is 24.2. The van der Waals surface area contributed by atoms with Gasteiger partial charge in [-0.05, 0) is 15.9 Å². The number of ether oxygens (including phenoxy) is 2. The van der Waals surface area contributed by atoms with Gasteiger partial charge in [0.1, 0.15) is 16.0 Å². The number of carboxylic acids is 1. The zero-order valence-corrected chi connectivity index (χ0v) is 14.4. The van der Waals surface area contributed by atoms with Crippen molar-refractivity contribution in [2.75, 3.05) is 33.1 Å². The van der Waals surface area contributed by atoms with Crippen LogP contribution in [-0.4, -0.2) is 49.8 Å². The molecule has 1 aromatic carbocycles. The number of methoxy groups -OCH3 is 2. The van der Waals surface area contributed by atoms with E-state index < -0.39 is 17.9 Å². The van der Waals surface area contributed by atoms with Crippen molar-refractivity contribution >= 4 is 33.6 Å². The number of hydrogen-bond acceptors (Lipinski definition) is 4. The third kappa shape index (κ3) is 4.52. The normalized spacial score (nSPS) is 11.5. The van der Waals surface area contributed by atoms with Crippen molar-refractivity contribution in [2.45, 2.75) is 6.92 Å². The Balaban J connectivity index is 2.85. The van der Waals surface area contributed by atoms with Crippen LogP contribution in [0, 0.1) is 5.92 Å². The average molecular weight is 375 g/mol. The number of aliphatic carboxylic acids is 1. The summed E-state index contributed by atoms with van der Waals surface area (Å²) in [7, 11) is 4.54. The maximum absolute atomic E-state index is 12.1. The number of rotatable bonds is 6. The molecule has 1 atom stereocenters. The van der Waals surface area contributed by atoms with Crippen molar-refractivity contribution in [3.63, 3.8) is 0 Å². The van der Waals surface area contributed by atoms with E-state index in [1.54, 1.807) is 12.1 Å². The van der Waals surface area contributed by atoms with Gasteiger partial charge in [-0.2, -0.15) is 0 Å². The molecule has 1 aromatic rings. The number of halogens is 1. The molecular weight excluding hydrogens is 356 g/mol. The molecule has 2 amide bonds. The van der Waals surface area contributed by atoms with E-state index >= 15 is 0 Å². The van der Waals surface area contributed by atoms with Crippen LogP contribution in [0.15, 0.2) is 16.6 Å². The summed E-state index contributed by atoms with van der Waals surface area (Å²) in [6.45, 7) is 1.64. The molecule has 0 fully saturated rings. The molecule has 1 rings (SSSR count). The molecule has 122 valence electrons. The summed E-state index contributed by atoms with van der Waals surface area (Å²) in [5.41, 5.74) is 0.483. The van der Waals surface area contributed by atoms with Crippen LogP contribution < -0.4 is 14.8 Å². The van der Waals surface area contributed by atoms with E-state index in [1.807, 2.05) is 0 Å². The van der Waals surface area contributed by atoms with Gasteiger partial charge in [-0.25, -0.2) is 4.79 Å². The molecule has 0 radical (unpaired) electrons. The van der Waals surface area contributed by atoms with Crippen LogP contribution in [0.2, 0.25) is 0 Å². The lowest BCUT2D eigenvalue weighted by molar-refractivity contribution is -0.141. The van der Waals surface area contributed by atoms with Crippen molar-refractivity contribution in [1.29, 1.82) is 0 Å². The molecule has 0 aliphatic rings. The Morgan fingerprint density at radius 3 is 2.23 bits per heavy atom. The van der Waals surface area contributed by atoms with Crippen molar-refractivity contribution in [3.8, 4) is 11.5 Å². The van der Waals surface area contributed by atoms with Gasteiger partial charge in [-0.1, -0.05) is 6.92 Å². The number of carboxylic acid groups (broad SMARTS) is 1. The van der Waals surface area contributed by atoms with Gasteiger partial charge in [0.25, 0.3) is 0 Å². The SMILES string of the molecule is COc1cc(NC(=O)N(C)CC(C)C(=O)O)cc(OC)c1Br. The number of hydrogen-bond donors (Lipinski definition) is 2. The summed E-state index contributed by atoms with van der Waals surface area (Å²) >= 11 is 3.34. The quantitative estimate of drug-likeness (QED) is 0.798. The van der Waals surface area contributed by atoms with E-state index in [1.165, 1.54) is 33.1 Å². The molecular formula is C14H19BrN2O5. The smallest absolute Gasteiger partial charge is 0.321 e. The molecule has 0 spiro atoms. The van der Waals surface area contributed by atoms with Crippen molar-refractivity contribution in [1.82, 2.24) is 4.90 Å². The summed E-state index contributed by atoms with van der Waals surface area (Å²) in [5.74, 6) is -0.580. The van der Waals surface area contributed by atoms with Crippen LogP contribution in [0.3, 0.4) is 0 Å². The molecule has 0 aliphatic carbocycles. The first kappa shape index (κ1) is 18.1. The minimum Gasteiger partial charge on any atom is -0.495 e. The lowest BCUT2D eigenvalue weighted by Crippen LogP contribution is -2.36. The Morgan fingerprint density at radius 1 is 1.32 bits per heavy atom. The molecule has 1 unspecified atom stereocenters. The molecule has 22 heavy (non-hydrogen) atoms. The Hall–Kier alpha value is -1.96. The highest BCUT2D eigenvalue weighted by Gasteiger charge is 2.18. The van der Waals surface area contributed by atoms with Crippen LogP contribution in [-0.2, 0) is 4.79 Å². The number of nitrogens with one attached hydrogen (secondary N) is 1. The van der Waals surface area contributed by atoms with Gasteiger partial charge in [0.2, 0.25) is 0 Å². The number of anilines is 1. The summed E-state index contributed by atoms with van der Waals surface area (Å²) in [6, 6.07) is 2.86. The molecule has 0 heterocycles. The fourth-order valence-corrected chi connectivity index (χ4v) is 2.28. The van der Waals surface area contributed by atoms with E-state index in [0.717, 1.165) is 0 Å². The fraction of sp³-hybridized carbons (Fsp3) is 0.429. The Morgan fingerprint density at radius 2 is 1.82 bits per heavy atom. The number of carbonyl (C=O) groups excluding carboxylic acids is 1. The second-order valence-corrected chi connectivity index (χ2v) is 5.54. The van der Waals surface area contributed by atoms with Crippen LogP contribution in [0.25, 0.3) is 0 Å². The van der Waals surface area contributed by atoms with Crippen molar-refractivity contribution in [2.24, 2.45) is 5.92 Å². The molecule has 7 nitrogen and oxygen atoms in total. The number of benzene rings is 1. The van der Waals surface area contributed by atoms with E-state index in [4.69, 9.17) is 14.6 Å². The zero-order valence-electron chi connectivity index (χ0n) is 12.8. The number of amides is 2.